The third kappa shape index (κ3) is 2.50. The molecule has 1 aromatic rings. The maximum atomic E-state index is 13.4. The van der Waals surface area contributed by atoms with Gasteiger partial charge in [-0.25, -0.2) is 26.3 Å². The second-order valence-electron chi connectivity index (χ2n) is 3.98. The summed E-state index contributed by atoms with van der Waals surface area (Å²) in [7, 11) is -4.19. The number of hydrogen-bond donors (Lipinski definition) is 2. The van der Waals surface area contributed by atoms with Gasteiger partial charge in [0.15, 0.2) is 17.5 Å². The fourth-order valence-electron chi connectivity index (χ4n) is 1.75. The molecule has 0 amide bonds. The van der Waals surface area contributed by atoms with E-state index in [2.05, 4.69) is 10.0 Å². The Balaban J connectivity index is 2.32. The summed E-state index contributed by atoms with van der Waals surface area (Å²) in [5.41, 5.74) is 0. The number of sulfonamides is 1. The van der Waals surface area contributed by atoms with Gasteiger partial charge in [-0.05, 0) is 25.1 Å². The zero-order chi connectivity index (χ0) is 13.3. The molecule has 0 saturated carbocycles. The van der Waals surface area contributed by atoms with Gasteiger partial charge >= 0.3 is 0 Å². The van der Waals surface area contributed by atoms with Crippen LogP contribution in [0.1, 0.15) is 6.42 Å². The van der Waals surface area contributed by atoms with Crippen molar-refractivity contribution in [1.82, 2.24) is 10.0 Å². The first-order chi connectivity index (χ1) is 8.42. The number of rotatable bonds is 3. The first-order valence-electron chi connectivity index (χ1n) is 5.28. The summed E-state index contributed by atoms with van der Waals surface area (Å²) in [6, 6.07) is 0.917. The van der Waals surface area contributed by atoms with Crippen molar-refractivity contribution in [2.75, 3.05) is 13.1 Å². The molecule has 1 saturated heterocycles. The minimum Gasteiger partial charge on any atom is -0.315 e. The molecular formula is C10H11F3N2O2S. The normalized spacial score (nSPS) is 20.3. The van der Waals surface area contributed by atoms with Crippen molar-refractivity contribution in [3.8, 4) is 0 Å². The predicted molar refractivity (Wildman–Crippen MR) is 57.9 cm³/mol. The molecule has 18 heavy (non-hydrogen) atoms. The summed E-state index contributed by atoms with van der Waals surface area (Å²) in [6.07, 6.45) is 0.560. The highest BCUT2D eigenvalue weighted by Crippen LogP contribution is 2.20. The summed E-state index contributed by atoms with van der Waals surface area (Å²) >= 11 is 0. The molecule has 2 N–H and O–H groups in total. The topological polar surface area (TPSA) is 58.2 Å². The summed E-state index contributed by atoms with van der Waals surface area (Å²) in [6.45, 7) is 1.07. The van der Waals surface area contributed by atoms with Gasteiger partial charge in [-0.1, -0.05) is 0 Å². The monoisotopic (exact) mass is 280 g/mol. The van der Waals surface area contributed by atoms with Gasteiger partial charge in [0, 0.05) is 12.6 Å². The van der Waals surface area contributed by atoms with E-state index in [4.69, 9.17) is 0 Å². The Hall–Kier alpha value is -1.12. The van der Waals surface area contributed by atoms with Gasteiger partial charge in [-0.2, -0.15) is 0 Å². The Kier molecular flexibility index (Phi) is 3.60. The van der Waals surface area contributed by atoms with E-state index in [0.717, 1.165) is 0 Å². The van der Waals surface area contributed by atoms with Crippen molar-refractivity contribution >= 4 is 10.0 Å². The van der Waals surface area contributed by atoms with Gasteiger partial charge in [0.05, 0.1) is 0 Å². The average molecular weight is 280 g/mol. The van der Waals surface area contributed by atoms with Gasteiger partial charge < -0.3 is 5.32 Å². The molecule has 0 bridgehead atoms. The molecule has 0 aliphatic carbocycles. The molecule has 8 heteroatoms. The van der Waals surface area contributed by atoms with E-state index in [1.54, 1.807) is 0 Å². The zero-order valence-corrected chi connectivity index (χ0v) is 10.0. The third-order valence-electron chi connectivity index (χ3n) is 2.67. The van der Waals surface area contributed by atoms with Gasteiger partial charge in [-0.3, -0.25) is 0 Å². The van der Waals surface area contributed by atoms with E-state index in [1.807, 2.05) is 0 Å². The van der Waals surface area contributed by atoms with Crippen molar-refractivity contribution in [3.05, 3.63) is 29.6 Å². The molecule has 0 unspecified atom stereocenters. The van der Waals surface area contributed by atoms with Crippen molar-refractivity contribution in [2.45, 2.75) is 17.4 Å². The molecular weight excluding hydrogens is 269 g/mol. The van der Waals surface area contributed by atoms with Crippen LogP contribution < -0.4 is 10.0 Å². The second-order valence-corrected chi connectivity index (χ2v) is 5.67. The maximum Gasteiger partial charge on any atom is 0.243 e. The number of benzene rings is 1. The standard InChI is InChI=1S/C10H11F3N2O2S/c11-7-1-2-8(10(13)9(7)12)18(16,17)15-6-3-4-14-5-6/h1-2,6,14-15H,3-5H2/t6-/m1/s1. The lowest BCUT2D eigenvalue weighted by molar-refractivity contribution is 0.431. The van der Waals surface area contributed by atoms with E-state index < -0.39 is 32.4 Å². The Morgan fingerprint density at radius 1 is 1.22 bits per heavy atom. The van der Waals surface area contributed by atoms with Gasteiger partial charge in [0.25, 0.3) is 0 Å². The molecule has 1 heterocycles. The van der Waals surface area contributed by atoms with Crippen LogP contribution in [-0.4, -0.2) is 27.5 Å². The van der Waals surface area contributed by atoms with Crippen molar-refractivity contribution < 1.29 is 21.6 Å². The minimum atomic E-state index is -4.19. The van der Waals surface area contributed by atoms with Crippen LogP contribution in [0.15, 0.2) is 17.0 Å². The quantitative estimate of drug-likeness (QED) is 0.803. The lowest BCUT2D eigenvalue weighted by Crippen LogP contribution is -2.36. The smallest absolute Gasteiger partial charge is 0.243 e. The van der Waals surface area contributed by atoms with E-state index in [9.17, 15) is 21.6 Å². The SMILES string of the molecule is O=S(=O)(N[C@@H]1CCNC1)c1ccc(F)c(F)c1F. The van der Waals surface area contributed by atoms with Crippen LogP contribution in [-0.2, 0) is 10.0 Å². The van der Waals surface area contributed by atoms with Crippen LogP contribution in [0.4, 0.5) is 13.2 Å². The van der Waals surface area contributed by atoms with E-state index in [1.165, 1.54) is 0 Å². The van der Waals surface area contributed by atoms with Crippen LogP contribution in [0, 0.1) is 17.5 Å². The summed E-state index contributed by atoms with van der Waals surface area (Å²) in [5, 5.41) is 2.93. The Morgan fingerprint density at radius 2 is 1.94 bits per heavy atom. The molecule has 100 valence electrons. The van der Waals surface area contributed by atoms with Crippen LogP contribution in [0.2, 0.25) is 0 Å². The Morgan fingerprint density at radius 3 is 2.56 bits per heavy atom. The Bertz CT molecular complexity index is 556. The fourth-order valence-corrected chi connectivity index (χ4v) is 3.09. The van der Waals surface area contributed by atoms with Crippen molar-refractivity contribution in [2.24, 2.45) is 0 Å². The lowest BCUT2D eigenvalue weighted by atomic mass is 10.3. The van der Waals surface area contributed by atoms with Crippen molar-refractivity contribution in [3.63, 3.8) is 0 Å². The molecule has 0 aromatic heterocycles. The molecule has 1 aliphatic heterocycles. The minimum absolute atomic E-state index is 0.373. The molecule has 1 atom stereocenters. The number of hydrogen-bond acceptors (Lipinski definition) is 3. The first kappa shape index (κ1) is 13.3. The largest absolute Gasteiger partial charge is 0.315 e. The van der Waals surface area contributed by atoms with Crippen LogP contribution in [0.5, 0.6) is 0 Å². The lowest BCUT2D eigenvalue weighted by Gasteiger charge is -2.12. The Labute approximate surface area is 102 Å². The molecule has 2 rings (SSSR count). The molecule has 1 fully saturated rings. The molecule has 1 aromatic carbocycles. The fraction of sp³-hybridized carbons (Fsp3) is 0.400. The van der Waals surface area contributed by atoms with Gasteiger partial charge in [0.2, 0.25) is 10.0 Å². The molecule has 0 spiro atoms. The molecule has 0 radical (unpaired) electrons. The zero-order valence-electron chi connectivity index (χ0n) is 9.21. The van der Waals surface area contributed by atoms with E-state index >= 15 is 0 Å². The highest BCUT2D eigenvalue weighted by molar-refractivity contribution is 7.89. The van der Waals surface area contributed by atoms with E-state index in [0.29, 0.717) is 31.6 Å². The number of halogens is 3. The maximum absolute atomic E-state index is 13.4. The van der Waals surface area contributed by atoms with Crippen LogP contribution in [0.25, 0.3) is 0 Å². The van der Waals surface area contributed by atoms with E-state index in [-0.39, 0.29) is 6.04 Å². The number of nitrogens with one attached hydrogen (secondary N) is 2. The van der Waals surface area contributed by atoms with Crippen molar-refractivity contribution in [1.29, 1.82) is 0 Å². The first-order valence-corrected chi connectivity index (χ1v) is 6.76. The predicted octanol–water partition coefficient (Wildman–Crippen LogP) is 0.744. The average Bonchev–Trinajstić information content (AvgIpc) is 2.77. The summed E-state index contributed by atoms with van der Waals surface area (Å²) in [5.74, 6) is -4.91. The summed E-state index contributed by atoms with van der Waals surface area (Å²) < 4.78 is 64.9. The second kappa shape index (κ2) is 4.87. The van der Waals surface area contributed by atoms with Crippen LogP contribution >= 0.6 is 0 Å². The highest BCUT2D eigenvalue weighted by Gasteiger charge is 2.27. The highest BCUT2D eigenvalue weighted by atomic mass is 32.2. The molecule has 1 aliphatic rings. The summed E-state index contributed by atoms with van der Waals surface area (Å²) in [4.78, 5) is -0.881. The third-order valence-corrected chi connectivity index (χ3v) is 4.21. The van der Waals surface area contributed by atoms with Gasteiger partial charge in [0.1, 0.15) is 4.90 Å². The van der Waals surface area contributed by atoms with Crippen LogP contribution in [0.3, 0.4) is 0 Å². The van der Waals surface area contributed by atoms with Gasteiger partial charge in [-0.15, -0.1) is 0 Å². The molecule has 4 nitrogen and oxygen atoms in total.